The molecule has 0 spiro atoms. The molecule has 0 saturated carbocycles. The Labute approximate surface area is 128 Å². The van der Waals surface area contributed by atoms with Gasteiger partial charge in [-0.3, -0.25) is 0 Å². The molecular weight excluding hydrogens is 289 g/mol. The smallest absolute Gasteiger partial charge is 0.190 e. The number of hydrogen-bond donors (Lipinski definition) is 1. The number of nitrogens with one attached hydrogen (secondary N) is 1. The van der Waals surface area contributed by atoms with E-state index in [1.54, 1.807) is 35.5 Å². The molecule has 0 saturated heterocycles. The van der Waals surface area contributed by atoms with Gasteiger partial charge in [0.25, 0.3) is 0 Å². The van der Waals surface area contributed by atoms with Gasteiger partial charge in [0, 0.05) is 25.6 Å². The molecule has 0 amide bonds. The molecule has 2 aromatic rings. The van der Waals surface area contributed by atoms with E-state index in [1.165, 1.54) is 6.07 Å². The lowest BCUT2D eigenvalue weighted by molar-refractivity contribution is 0.181. The van der Waals surface area contributed by atoms with E-state index >= 15 is 0 Å². The molecule has 1 heterocycles. The van der Waals surface area contributed by atoms with Crippen LogP contribution in [0.25, 0.3) is 0 Å². The van der Waals surface area contributed by atoms with Gasteiger partial charge in [-0.2, -0.15) is 0 Å². The fourth-order valence-electron chi connectivity index (χ4n) is 1.97. The topological polar surface area (TPSA) is 37.4 Å². The molecule has 0 fully saturated rings. The summed E-state index contributed by atoms with van der Waals surface area (Å²) in [6.45, 7) is 4.16. The molecule has 0 radical (unpaired) electrons. The molecule has 4 nitrogen and oxygen atoms in total. The standard InChI is InChI=1S/C15H20FN3OS/c1-4-17-9-14-12(10-20-3)18-15(21-14)19(2)13-8-6-5-7-11(13)16/h5-8,17H,4,9-10H2,1-3H3. The van der Waals surface area contributed by atoms with Crippen molar-refractivity contribution in [3.05, 3.63) is 40.7 Å². The van der Waals surface area contributed by atoms with Crippen molar-refractivity contribution < 1.29 is 9.13 Å². The summed E-state index contributed by atoms with van der Waals surface area (Å²) in [4.78, 5) is 7.48. The molecule has 0 aliphatic carbocycles. The van der Waals surface area contributed by atoms with Crippen LogP contribution in [0, 0.1) is 5.82 Å². The molecule has 0 aliphatic heterocycles. The Morgan fingerprint density at radius 3 is 2.81 bits per heavy atom. The maximum absolute atomic E-state index is 13.9. The van der Waals surface area contributed by atoms with Crippen molar-refractivity contribution in [2.45, 2.75) is 20.1 Å². The first kappa shape index (κ1) is 15.9. The van der Waals surface area contributed by atoms with Gasteiger partial charge >= 0.3 is 0 Å². The fourth-order valence-corrected chi connectivity index (χ4v) is 2.97. The van der Waals surface area contributed by atoms with E-state index in [2.05, 4.69) is 17.2 Å². The van der Waals surface area contributed by atoms with Gasteiger partial charge in [0.2, 0.25) is 0 Å². The highest BCUT2D eigenvalue weighted by Gasteiger charge is 2.16. The summed E-state index contributed by atoms with van der Waals surface area (Å²) in [7, 11) is 3.47. The van der Waals surface area contributed by atoms with Crippen LogP contribution in [-0.2, 0) is 17.9 Å². The summed E-state index contributed by atoms with van der Waals surface area (Å²) in [5, 5.41) is 4.05. The molecule has 1 aromatic carbocycles. The monoisotopic (exact) mass is 309 g/mol. The minimum atomic E-state index is -0.253. The largest absolute Gasteiger partial charge is 0.378 e. The molecule has 1 N–H and O–H groups in total. The Morgan fingerprint density at radius 1 is 1.38 bits per heavy atom. The lowest BCUT2D eigenvalue weighted by atomic mass is 10.3. The van der Waals surface area contributed by atoms with Gasteiger partial charge in [0.05, 0.1) is 18.0 Å². The molecule has 0 unspecified atom stereocenters. The van der Waals surface area contributed by atoms with Crippen molar-refractivity contribution in [2.24, 2.45) is 0 Å². The first-order valence-electron chi connectivity index (χ1n) is 6.83. The first-order chi connectivity index (χ1) is 10.2. The third kappa shape index (κ3) is 3.78. The highest BCUT2D eigenvalue weighted by molar-refractivity contribution is 7.15. The van der Waals surface area contributed by atoms with E-state index in [1.807, 2.05) is 13.1 Å². The molecule has 2 rings (SSSR count). The Morgan fingerprint density at radius 2 is 2.14 bits per heavy atom. The summed E-state index contributed by atoms with van der Waals surface area (Å²) in [6, 6.07) is 6.70. The Hall–Kier alpha value is -1.50. The van der Waals surface area contributed by atoms with E-state index in [0.29, 0.717) is 12.3 Å². The highest BCUT2D eigenvalue weighted by Crippen LogP contribution is 2.32. The zero-order valence-electron chi connectivity index (χ0n) is 12.5. The van der Waals surface area contributed by atoms with Gasteiger partial charge in [-0.15, -0.1) is 0 Å². The van der Waals surface area contributed by atoms with Gasteiger partial charge in [0.1, 0.15) is 5.82 Å². The summed E-state index contributed by atoms with van der Waals surface area (Å²) in [5.41, 5.74) is 1.42. The SMILES string of the molecule is CCNCc1sc(N(C)c2ccccc2F)nc1COC. The predicted molar refractivity (Wildman–Crippen MR) is 84.7 cm³/mol. The maximum Gasteiger partial charge on any atom is 0.190 e. The van der Waals surface area contributed by atoms with Gasteiger partial charge < -0.3 is 15.0 Å². The number of thiazole rings is 1. The first-order valence-corrected chi connectivity index (χ1v) is 7.65. The van der Waals surface area contributed by atoms with Crippen LogP contribution in [0.15, 0.2) is 24.3 Å². The van der Waals surface area contributed by atoms with E-state index in [0.717, 1.165) is 28.8 Å². The Bertz CT molecular complexity index is 588. The van der Waals surface area contributed by atoms with Crippen LogP contribution in [0.3, 0.4) is 0 Å². The van der Waals surface area contributed by atoms with Gasteiger partial charge in [0.15, 0.2) is 5.13 Å². The average Bonchev–Trinajstić information content (AvgIpc) is 2.88. The number of anilines is 2. The molecule has 6 heteroatoms. The van der Waals surface area contributed by atoms with Crippen molar-refractivity contribution >= 4 is 22.2 Å². The second kappa shape index (κ2) is 7.49. The van der Waals surface area contributed by atoms with Crippen LogP contribution in [0.5, 0.6) is 0 Å². The van der Waals surface area contributed by atoms with Crippen LogP contribution < -0.4 is 10.2 Å². The quantitative estimate of drug-likeness (QED) is 0.851. The van der Waals surface area contributed by atoms with Gasteiger partial charge in [-0.25, -0.2) is 9.37 Å². The number of aromatic nitrogens is 1. The van der Waals surface area contributed by atoms with Crippen molar-refractivity contribution in [3.63, 3.8) is 0 Å². The number of benzene rings is 1. The molecule has 0 bridgehead atoms. The summed E-state index contributed by atoms with van der Waals surface area (Å²) < 4.78 is 19.1. The van der Waals surface area contributed by atoms with Crippen molar-refractivity contribution in [2.75, 3.05) is 25.6 Å². The minimum Gasteiger partial charge on any atom is -0.378 e. The summed E-state index contributed by atoms with van der Waals surface area (Å²) in [6.07, 6.45) is 0. The van der Waals surface area contributed by atoms with E-state index in [-0.39, 0.29) is 5.82 Å². The number of ether oxygens (including phenoxy) is 1. The molecule has 0 atom stereocenters. The second-order valence-electron chi connectivity index (χ2n) is 4.59. The van der Waals surface area contributed by atoms with Crippen molar-refractivity contribution in [1.82, 2.24) is 10.3 Å². The third-order valence-electron chi connectivity index (χ3n) is 3.08. The second-order valence-corrected chi connectivity index (χ2v) is 5.65. The molecular formula is C15H20FN3OS. The van der Waals surface area contributed by atoms with Crippen LogP contribution in [0.2, 0.25) is 0 Å². The van der Waals surface area contributed by atoms with E-state index < -0.39 is 0 Å². The van der Waals surface area contributed by atoms with E-state index in [4.69, 9.17) is 4.74 Å². The number of nitrogens with zero attached hydrogens (tertiary/aromatic N) is 2. The number of methoxy groups -OCH3 is 1. The number of halogens is 1. The molecule has 114 valence electrons. The normalized spacial score (nSPS) is 10.9. The van der Waals surface area contributed by atoms with Crippen molar-refractivity contribution in [1.29, 1.82) is 0 Å². The van der Waals surface area contributed by atoms with Gasteiger partial charge in [-0.1, -0.05) is 30.4 Å². The van der Waals surface area contributed by atoms with Gasteiger partial charge in [-0.05, 0) is 18.7 Å². The summed E-state index contributed by atoms with van der Waals surface area (Å²) >= 11 is 1.56. The molecule has 21 heavy (non-hydrogen) atoms. The van der Waals surface area contributed by atoms with Crippen LogP contribution in [0.1, 0.15) is 17.5 Å². The fraction of sp³-hybridized carbons (Fsp3) is 0.400. The van der Waals surface area contributed by atoms with Crippen LogP contribution >= 0.6 is 11.3 Å². The lowest BCUT2D eigenvalue weighted by Crippen LogP contribution is -2.12. The number of hydrogen-bond acceptors (Lipinski definition) is 5. The Balaban J connectivity index is 2.28. The van der Waals surface area contributed by atoms with Crippen LogP contribution in [-0.4, -0.2) is 25.7 Å². The minimum absolute atomic E-state index is 0.253. The number of rotatable bonds is 7. The Kier molecular flexibility index (Phi) is 5.67. The zero-order chi connectivity index (χ0) is 15.2. The zero-order valence-corrected chi connectivity index (χ0v) is 13.3. The lowest BCUT2D eigenvalue weighted by Gasteiger charge is -2.16. The van der Waals surface area contributed by atoms with Crippen LogP contribution in [0.4, 0.5) is 15.2 Å². The van der Waals surface area contributed by atoms with E-state index in [9.17, 15) is 4.39 Å². The summed E-state index contributed by atoms with van der Waals surface area (Å²) in [5.74, 6) is -0.253. The van der Waals surface area contributed by atoms with Crippen molar-refractivity contribution in [3.8, 4) is 0 Å². The maximum atomic E-state index is 13.9. The molecule has 1 aromatic heterocycles. The molecule has 0 aliphatic rings. The predicted octanol–water partition coefficient (Wildman–Crippen LogP) is 3.31. The third-order valence-corrected chi connectivity index (χ3v) is 4.26. The highest BCUT2D eigenvalue weighted by atomic mass is 32.1. The number of para-hydroxylation sites is 1. The average molecular weight is 309 g/mol.